The maximum Gasteiger partial charge on any atom is 0.191 e. The van der Waals surface area contributed by atoms with Crippen LogP contribution in [0.2, 0.25) is 0 Å². The number of aliphatic imine (C=N–C) groups is 1. The van der Waals surface area contributed by atoms with E-state index in [-0.39, 0.29) is 35.7 Å². The quantitative estimate of drug-likeness (QED) is 0.374. The van der Waals surface area contributed by atoms with Gasteiger partial charge in [-0.3, -0.25) is 4.98 Å². The van der Waals surface area contributed by atoms with Crippen molar-refractivity contribution in [3.63, 3.8) is 0 Å². The van der Waals surface area contributed by atoms with Gasteiger partial charge in [-0.2, -0.15) is 0 Å². The Kier molecular flexibility index (Phi) is 8.40. The van der Waals surface area contributed by atoms with E-state index in [4.69, 9.17) is 0 Å². The molecule has 3 rings (SSSR count). The molecule has 2 N–H and O–H groups in total. The summed E-state index contributed by atoms with van der Waals surface area (Å²) in [7, 11) is 0. The third-order valence-corrected chi connectivity index (χ3v) is 4.63. The molecule has 0 saturated carbocycles. The number of guanidine groups is 1. The molecule has 1 unspecified atom stereocenters. The summed E-state index contributed by atoms with van der Waals surface area (Å²) in [6.45, 7) is 6.32. The first-order valence-electron chi connectivity index (χ1n) is 9.22. The Bertz CT molecular complexity index is 795. The van der Waals surface area contributed by atoms with Crippen LogP contribution in [0.25, 0.3) is 0 Å². The monoisotopic (exact) mass is 501 g/mol. The highest BCUT2D eigenvalue weighted by Crippen LogP contribution is 2.26. The van der Waals surface area contributed by atoms with E-state index in [0.717, 1.165) is 24.2 Å². The van der Waals surface area contributed by atoms with E-state index in [0.29, 0.717) is 25.6 Å². The number of pyridine rings is 1. The number of hydrogen-bond acceptors (Lipinski definition) is 3. The maximum atomic E-state index is 14.0. The zero-order valence-electron chi connectivity index (χ0n) is 16.1. The fourth-order valence-corrected chi connectivity index (χ4v) is 3.22. The van der Waals surface area contributed by atoms with Crippen molar-refractivity contribution in [3.8, 4) is 0 Å². The van der Waals surface area contributed by atoms with Crippen LogP contribution >= 0.6 is 24.0 Å². The molecule has 1 fully saturated rings. The van der Waals surface area contributed by atoms with E-state index >= 15 is 0 Å². The van der Waals surface area contributed by atoms with Crippen LogP contribution < -0.4 is 15.5 Å². The molecule has 5 nitrogen and oxygen atoms in total. The van der Waals surface area contributed by atoms with Crippen LogP contribution in [0.1, 0.15) is 24.6 Å². The molecule has 1 saturated heterocycles. The number of anilines is 1. The van der Waals surface area contributed by atoms with Crippen molar-refractivity contribution in [1.82, 2.24) is 15.6 Å². The lowest BCUT2D eigenvalue weighted by molar-refractivity contribution is 0.576. The predicted octanol–water partition coefficient (Wildman–Crippen LogP) is 3.62. The van der Waals surface area contributed by atoms with Crippen molar-refractivity contribution in [1.29, 1.82) is 0 Å². The van der Waals surface area contributed by atoms with Gasteiger partial charge in [0.2, 0.25) is 0 Å². The Morgan fingerprint density at radius 1 is 1.25 bits per heavy atom. The minimum atomic E-state index is -0.526. The number of hydrogen-bond donors (Lipinski definition) is 2. The van der Waals surface area contributed by atoms with E-state index in [9.17, 15) is 8.78 Å². The molecule has 2 heterocycles. The summed E-state index contributed by atoms with van der Waals surface area (Å²) < 4.78 is 28.0. The molecule has 28 heavy (non-hydrogen) atoms. The van der Waals surface area contributed by atoms with Crippen molar-refractivity contribution in [3.05, 3.63) is 59.4 Å². The maximum absolute atomic E-state index is 14.0. The molecule has 0 amide bonds. The molecule has 1 aliphatic rings. The van der Waals surface area contributed by atoms with Crippen LogP contribution in [0.15, 0.2) is 41.5 Å². The number of rotatable bonds is 5. The third kappa shape index (κ3) is 5.52. The second-order valence-corrected chi connectivity index (χ2v) is 6.61. The minimum Gasteiger partial charge on any atom is -0.365 e. The lowest BCUT2D eigenvalue weighted by Gasteiger charge is -2.21. The van der Waals surface area contributed by atoms with E-state index in [1.807, 2.05) is 26.0 Å². The Hall–Kier alpha value is -1.97. The number of aryl methyl sites for hydroxylation is 1. The van der Waals surface area contributed by atoms with Crippen LogP contribution in [0.5, 0.6) is 0 Å². The van der Waals surface area contributed by atoms with Crippen LogP contribution in [0.3, 0.4) is 0 Å². The van der Waals surface area contributed by atoms with Crippen LogP contribution in [-0.4, -0.2) is 36.6 Å². The van der Waals surface area contributed by atoms with Gasteiger partial charge >= 0.3 is 0 Å². The average Bonchev–Trinajstić information content (AvgIpc) is 3.09. The fraction of sp³-hybridized carbons (Fsp3) is 0.400. The van der Waals surface area contributed by atoms with Gasteiger partial charge in [0.25, 0.3) is 0 Å². The second kappa shape index (κ2) is 10.5. The number of halogens is 3. The molecular weight excluding hydrogens is 475 g/mol. The molecule has 2 aromatic rings. The molecule has 1 aliphatic heterocycles. The molecular formula is C20H26F2IN5. The van der Waals surface area contributed by atoms with Crippen LogP contribution in [0, 0.1) is 18.6 Å². The molecule has 1 aromatic carbocycles. The Morgan fingerprint density at radius 3 is 2.68 bits per heavy atom. The minimum absolute atomic E-state index is 0. The van der Waals surface area contributed by atoms with Gasteiger partial charge in [0.1, 0.15) is 17.3 Å². The molecule has 0 radical (unpaired) electrons. The zero-order valence-corrected chi connectivity index (χ0v) is 18.4. The average molecular weight is 501 g/mol. The van der Waals surface area contributed by atoms with Gasteiger partial charge in [0, 0.05) is 31.9 Å². The first-order chi connectivity index (χ1) is 13.1. The highest BCUT2D eigenvalue weighted by atomic mass is 127. The van der Waals surface area contributed by atoms with Gasteiger partial charge in [-0.1, -0.05) is 12.1 Å². The summed E-state index contributed by atoms with van der Waals surface area (Å²) in [4.78, 5) is 10.7. The van der Waals surface area contributed by atoms with Crippen molar-refractivity contribution in [2.45, 2.75) is 32.9 Å². The van der Waals surface area contributed by atoms with Gasteiger partial charge in [0.15, 0.2) is 5.96 Å². The number of nitrogens with one attached hydrogen (secondary N) is 2. The molecule has 1 aromatic heterocycles. The smallest absolute Gasteiger partial charge is 0.191 e. The summed E-state index contributed by atoms with van der Waals surface area (Å²) >= 11 is 0. The summed E-state index contributed by atoms with van der Waals surface area (Å²) in [6.07, 6.45) is 2.54. The molecule has 0 aliphatic carbocycles. The van der Waals surface area contributed by atoms with Gasteiger partial charge in [-0.25, -0.2) is 13.8 Å². The highest BCUT2D eigenvalue weighted by molar-refractivity contribution is 14.0. The Labute approximate surface area is 181 Å². The second-order valence-electron chi connectivity index (χ2n) is 6.61. The van der Waals surface area contributed by atoms with E-state index in [2.05, 4.69) is 20.6 Å². The Balaban J connectivity index is 0.00000280. The number of aromatic nitrogens is 1. The topological polar surface area (TPSA) is 52.6 Å². The summed E-state index contributed by atoms with van der Waals surface area (Å²) in [5.74, 6) is -0.368. The van der Waals surface area contributed by atoms with Crippen molar-refractivity contribution >= 4 is 35.6 Å². The summed E-state index contributed by atoms with van der Waals surface area (Å²) in [5.41, 5.74) is 2.07. The first kappa shape index (κ1) is 22.3. The highest BCUT2D eigenvalue weighted by Gasteiger charge is 2.27. The van der Waals surface area contributed by atoms with Crippen LogP contribution in [-0.2, 0) is 6.54 Å². The largest absolute Gasteiger partial charge is 0.365 e. The van der Waals surface area contributed by atoms with E-state index in [1.165, 1.54) is 18.2 Å². The lowest BCUT2D eigenvalue weighted by atomic mass is 10.2. The normalized spacial score (nSPS) is 16.6. The molecule has 8 heteroatoms. The van der Waals surface area contributed by atoms with Crippen molar-refractivity contribution in [2.24, 2.45) is 4.99 Å². The predicted molar refractivity (Wildman–Crippen MR) is 119 cm³/mol. The molecule has 0 bridgehead atoms. The lowest BCUT2D eigenvalue weighted by Crippen LogP contribution is -2.44. The standard InChI is InChI=1S/C20H25F2N5.HI/c1-3-23-20(25-12-18-14(2)6-5-10-24-18)26-15-9-11-27(13-15)19-16(21)7-4-8-17(19)22;/h4-8,10,15H,3,9,11-13H2,1-2H3,(H2,23,25,26);1H. The van der Waals surface area contributed by atoms with Gasteiger partial charge in [-0.05, 0) is 44.0 Å². The van der Waals surface area contributed by atoms with Gasteiger partial charge < -0.3 is 15.5 Å². The first-order valence-corrected chi connectivity index (χ1v) is 9.22. The summed E-state index contributed by atoms with van der Waals surface area (Å²) in [6, 6.07) is 7.94. The molecule has 1 atom stereocenters. The van der Waals surface area contributed by atoms with Gasteiger partial charge in [-0.15, -0.1) is 24.0 Å². The van der Waals surface area contributed by atoms with Crippen LogP contribution in [0.4, 0.5) is 14.5 Å². The Morgan fingerprint density at radius 2 is 2.00 bits per heavy atom. The number of nitrogens with zero attached hydrogens (tertiary/aromatic N) is 3. The van der Waals surface area contributed by atoms with Gasteiger partial charge in [0.05, 0.1) is 12.2 Å². The number of benzene rings is 1. The SMILES string of the molecule is CCNC(=NCc1ncccc1C)NC1CCN(c2c(F)cccc2F)C1.I. The van der Waals surface area contributed by atoms with E-state index in [1.54, 1.807) is 11.1 Å². The molecule has 0 spiro atoms. The van der Waals surface area contributed by atoms with E-state index < -0.39 is 11.6 Å². The zero-order chi connectivity index (χ0) is 19.2. The van der Waals surface area contributed by atoms with Crippen molar-refractivity contribution in [2.75, 3.05) is 24.5 Å². The van der Waals surface area contributed by atoms with Crippen molar-refractivity contribution < 1.29 is 8.78 Å². The third-order valence-electron chi connectivity index (χ3n) is 4.63. The summed E-state index contributed by atoms with van der Waals surface area (Å²) in [5, 5.41) is 6.59. The fourth-order valence-electron chi connectivity index (χ4n) is 3.22. The molecule has 152 valence electrons. The number of para-hydroxylation sites is 1.